The Bertz CT molecular complexity index is 415. The molecule has 1 atom stereocenters. The average molecular weight is 283 g/mol. The van der Waals surface area contributed by atoms with E-state index in [1.165, 1.54) is 12.8 Å². The predicted octanol–water partition coefficient (Wildman–Crippen LogP) is 2.56. The molecule has 1 fully saturated rings. The van der Waals surface area contributed by atoms with Gasteiger partial charge < -0.3 is 11.1 Å². The van der Waals surface area contributed by atoms with Gasteiger partial charge in [-0.3, -0.25) is 4.79 Å². The minimum absolute atomic E-state index is 0.0793. The molecule has 1 amide bonds. The molecule has 1 aliphatic rings. The Hall–Kier alpha value is -1.03. The highest BCUT2D eigenvalue weighted by Gasteiger charge is 2.29. The van der Waals surface area contributed by atoms with Gasteiger partial charge in [0.2, 0.25) is 0 Å². The van der Waals surface area contributed by atoms with Gasteiger partial charge in [-0.25, -0.2) is 0 Å². The summed E-state index contributed by atoms with van der Waals surface area (Å²) in [4.78, 5) is 11.9. The number of carbonyl (C=O) groups excluding carboxylic acids is 1. The highest BCUT2D eigenvalue weighted by atomic mass is 79.9. The first-order chi connectivity index (χ1) is 7.58. The van der Waals surface area contributed by atoms with Crippen LogP contribution in [0.1, 0.15) is 30.1 Å². The van der Waals surface area contributed by atoms with E-state index in [0.29, 0.717) is 17.2 Å². The van der Waals surface area contributed by atoms with Gasteiger partial charge in [0, 0.05) is 16.2 Å². The molecule has 0 aromatic heterocycles. The Morgan fingerprint density at radius 1 is 1.56 bits per heavy atom. The van der Waals surface area contributed by atoms with Crippen LogP contribution in [0.2, 0.25) is 0 Å². The molecule has 1 unspecified atom stereocenters. The van der Waals surface area contributed by atoms with Gasteiger partial charge in [-0.15, -0.1) is 0 Å². The third-order valence-corrected chi connectivity index (χ3v) is 3.44. The maximum absolute atomic E-state index is 11.9. The Balaban J connectivity index is 2.07. The van der Waals surface area contributed by atoms with Crippen LogP contribution in [0.25, 0.3) is 0 Å². The van der Waals surface area contributed by atoms with Crippen molar-refractivity contribution in [2.45, 2.75) is 25.8 Å². The molecule has 86 valence electrons. The van der Waals surface area contributed by atoms with E-state index in [0.717, 1.165) is 4.47 Å². The third kappa shape index (κ3) is 2.55. The molecule has 1 saturated carbocycles. The lowest BCUT2D eigenvalue weighted by Gasteiger charge is -2.13. The molecule has 0 saturated heterocycles. The van der Waals surface area contributed by atoms with Gasteiger partial charge in [-0.05, 0) is 43.9 Å². The minimum Gasteiger partial charge on any atom is -0.398 e. The van der Waals surface area contributed by atoms with Crippen LogP contribution in [0.4, 0.5) is 5.69 Å². The Labute approximate surface area is 104 Å². The van der Waals surface area contributed by atoms with E-state index >= 15 is 0 Å². The van der Waals surface area contributed by atoms with Crippen LogP contribution < -0.4 is 11.1 Å². The van der Waals surface area contributed by atoms with Crippen LogP contribution >= 0.6 is 15.9 Å². The second-order valence-electron chi connectivity index (χ2n) is 4.33. The van der Waals surface area contributed by atoms with Crippen molar-refractivity contribution < 1.29 is 4.79 Å². The summed E-state index contributed by atoms with van der Waals surface area (Å²) in [7, 11) is 0. The molecule has 1 aromatic rings. The number of nitrogens with one attached hydrogen (secondary N) is 1. The molecule has 0 spiro atoms. The molecule has 16 heavy (non-hydrogen) atoms. The SMILES string of the molecule is CC(NC(=O)c1ccc(Br)cc1N)C1CC1. The van der Waals surface area contributed by atoms with Crippen LogP contribution in [0, 0.1) is 5.92 Å². The van der Waals surface area contributed by atoms with E-state index in [9.17, 15) is 4.79 Å². The minimum atomic E-state index is -0.0793. The molecule has 0 bridgehead atoms. The maximum Gasteiger partial charge on any atom is 0.253 e. The van der Waals surface area contributed by atoms with E-state index in [-0.39, 0.29) is 11.9 Å². The van der Waals surface area contributed by atoms with E-state index in [1.54, 1.807) is 12.1 Å². The number of anilines is 1. The molecular formula is C12H15BrN2O. The summed E-state index contributed by atoms with van der Waals surface area (Å²) >= 11 is 3.32. The number of amides is 1. The second kappa shape index (κ2) is 4.45. The molecule has 3 N–H and O–H groups in total. The summed E-state index contributed by atoms with van der Waals surface area (Å²) in [6, 6.07) is 5.56. The third-order valence-electron chi connectivity index (χ3n) is 2.95. The number of rotatable bonds is 3. The van der Waals surface area contributed by atoms with Crippen molar-refractivity contribution in [3.05, 3.63) is 28.2 Å². The van der Waals surface area contributed by atoms with Crippen LogP contribution in [0.3, 0.4) is 0 Å². The van der Waals surface area contributed by atoms with Crippen LogP contribution in [-0.2, 0) is 0 Å². The number of carbonyl (C=O) groups is 1. The van der Waals surface area contributed by atoms with Crippen molar-refractivity contribution in [3.8, 4) is 0 Å². The summed E-state index contributed by atoms with van der Waals surface area (Å²) < 4.78 is 0.886. The first-order valence-corrected chi connectivity index (χ1v) is 6.23. The summed E-state index contributed by atoms with van der Waals surface area (Å²) in [5.41, 5.74) is 6.86. The van der Waals surface area contributed by atoms with Gasteiger partial charge in [0.05, 0.1) is 5.56 Å². The Kier molecular flexibility index (Phi) is 3.19. The standard InChI is InChI=1S/C12H15BrN2O/c1-7(8-2-3-8)15-12(16)10-5-4-9(13)6-11(10)14/h4-8H,2-3,14H2,1H3,(H,15,16). The fourth-order valence-corrected chi connectivity index (χ4v) is 2.12. The quantitative estimate of drug-likeness (QED) is 0.838. The number of nitrogens with two attached hydrogens (primary N) is 1. The van der Waals surface area contributed by atoms with Crippen LogP contribution in [0.5, 0.6) is 0 Å². The van der Waals surface area contributed by atoms with Crippen molar-refractivity contribution >= 4 is 27.5 Å². The normalized spacial score (nSPS) is 16.9. The van der Waals surface area contributed by atoms with Crippen molar-refractivity contribution in [1.82, 2.24) is 5.32 Å². The van der Waals surface area contributed by atoms with Crippen LogP contribution in [0.15, 0.2) is 22.7 Å². The summed E-state index contributed by atoms with van der Waals surface area (Å²) in [5, 5.41) is 2.98. The topological polar surface area (TPSA) is 55.1 Å². The molecule has 4 heteroatoms. The average Bonchev–Trinajstić information content (AvgIpc) is 2.99. The number of hydrogen-bond acceptors (Lipinski definition) is 2. The van der Waals surface area contributed by atoms with Crippen molar-refractivity contribution in [3.63, 3.8) is 0 Å². The molecule has 1 aromatic carbocycles. The van der Waals surface area contributed by atoms with Gasteiger partial charge in [-0.1, -0.05) is 15.9 Å². The lowest BCUT2D eigenvalue weighted by molar-refractivity contribution is 0.0937. The number of hydrogen-bond donors (Lipinski definition) is 2. The first-order valence-electron chi connectivity index (χ1n) is 5.44. The fourth-order valence-electron chi connectivity index (χ4n) is 1.74. The second-order valence-corrected chi connectivity index (χ2v) is 5.25. The van der Waals surface area contributed by atoms with Gasteiger partial charge in [-0.2, -0.15) is 0 Å². The number of halogens is 1. The smallest absolute Gasteiger partial charge is 0.253 e. The highest BCUT2D eigenvalue weighted by Crippen LogP contribution is 2.32. The summed E-state index contributed by atoms with van der Waals surface area (Å²) in [5.74, 6) is 0.574. The lowest BCUT2D eigenvalue weighted by atomic mass is 10.1. The fraction of sp³-hybridized carbons (Fsp3) is 0.417. The molecule has 1 aliphatic carbocycles. The van der Waals surface area contributed by atoms with E-state index in [2.05, 4.69) is 21.2 Å². The van der Waals surface area contributed by atoms with Gasteiger partial charge >= 0.3 is 0 Å². The van der Waals surface area contributed by atoms with Gasteiger partial charge in [0.25, 0.3) is 5.91 Å². The summed E-state index contributed by atoms with van der Waals surface area (Å²) in [6.45, 7) is 2.05. The molecule has 0 heterocycles. The zero-order valence-electron chi connectivity index (χ0n) is 9.16. The zero-order chi connectivity index (χ0) is 11.7. The van der Waals surface area contributed by atoms with Crippen molar-refractivity contribution in [2.24, 2.45) is 5.92 Å². The Morgan fingerprint density at radius 2 is 2.25 bits per heavy atom. The monoisotopic (exact) mass is 282 g/mol. The van der Waals surface area contributed by atoms with Crippen molar-refractivity contribution in [1.29, 1.82) is 0 Å². The Morgan fingerprint density at radius 3 is 2.81 bits per heavy atom. The first kappa shape index (κ1) is 11.5. The van der Waals surface area contributed by atoms with E-state index < -0.39 is 0 Å². The number of nitrogen functional groups attached to an aromatic ring is 1. The largest absolute Gasteiger partial charge is 0.398 e. The maximum atomic E-state index is 11.9. The van der Waals surface area contributed by atoms with Crippen LogP contribution in [-0.4, -0.2) is 11.9 Å². The zero-order valence-corrected chi connectivity index (χ0v) is 10.8. The van der Waals surface area contributed by atoms with Gasteiger partial charge in [0.15, 0.2) is 0 Å². The predicted molar refractivity (Wildman–Crippen MR) is 68.2 cm³/mol. The molecule has 0 radical (unpaired) electrons. The van der Waals surface area contributed by atoms with Gasteiger partial charge in [0.1, 0.15) is 0 Å². The molecule has 3 nitrogen and oxygen atoms in total. The van der Waals surface area contributed by atoms with Crippen molar-refractivity contribution in [2.75, 3.05) is 5.73 Å². The molecule has 0 aliphatic heterocycles. The number of benzene rings is 1. The molecular weight excluding hydrogens is 268 g/mol. The van der Waals surface area contributed by atoms with E-state index in [1.807, 2.05) is 13.0 Å². The highest BCUT2D eigenvalue weighted by molar-refractivity contribution is 9.10. The van der Waals surface area contributed by atoms with E-state index in [4.69, 9.17) is 5.73 Å². The molecule has 2 rings (SSSR count). The summed E-state index contributed by atoms with van der Waals surface area (Å²) in [6.07, 6.45) is 2.44. The lowest BCUT2D eigenvalue weighted by Crippen LogP contribution is -2.34.